The molecule has 5 nitrogen and oxygen atoms in total. The number of carbonyl (C=O) groups is 1. The Balaban J connectivity index is 2.48. The van der Waals surface area contributed by atoms with Crippen LogP contribution in [-0.4, -0.2) is 54.5 Å². The summed E-state index contributed by atoms with van der Waals surface area (Å²) in [6, 6.07) is 2.47. The van der Waals surface area contributed by atoms with Crippen molar-refractivity contribution >= 4 is 5.91 Å². The lowest BCUT2D eigenvalue weighted by atomic mass is 9.97. The van der Waals surface area contributed by atoms with Gasteiger partial charge in [-0.1, -0.05) is 6.42 Å². The molecule has 1 fully saturated rings. The number of amides is 1. The van der Waals surface area contributed by atoms with E-state index in [-0.39, 0.29) is 11.9 Å². The molecule has 0 aromatic rings. The van der Waals surface area contributed by atoms with Crippen LogP contribution in [0.3, 0.4) is 0 Å². The molecule has 18 heavy (non-hydrogen) atoms. The summed E-state index contributed by atoms with van der Waals surface area (Å²) in [7, 11) is 1.75. The monoisotopic (exact) mass is 252 g/mol. The van der Waals surface area contributed by atoms with Crippen molar-refractivity contribution in [1.82, 2.24) is 9.80 Å². The number of hydrogen-bond donors (Lipinski definition) is 1. The van der Waals surface area contributed by atoms with Gasteiger partial charge in [0.05, 0.1) is 19.0 Å². The van der Waals surface area contributed by atoms with Gasteiger partial charge in [-0.05, 0) is 26.3 Å². The van der Waals surface area contributed by atoms with E-state index in [1.165, 1.54) is 6.42 Å². The maximum Gasteiger partial charge on any atom is 0.236 e. The molecule has 0 spiro atoms. The highest BCUT2D eigenvalue weighted by Crippen LogP contribution is 2.18. The highest BCUT2D eigenvalue weighted by Gasteiger charge is 2.27. The zero-order chi connectivity index (χ0) is 13.5. The number of likely N-dealkylation sites (N-methyl/N-ethyl adjacent to an activating group) is 1. The lowest BCUT2D eigenvalue weighted by molar-refractivity contribution is -0.132. The summed E-state index contributed by atoms with van der Waals surface area (Å²) in [4.78, 5) is 15.8. The number of piperidine rings is 1. The summed E-state index contributed by atoms with van der Waals surface area (Å²) in [5.74, 6) is 0.0813. The number of likely N-dealkylation sites (tertiary alicyclic amines) is 1. The van der Waals surface area contributed by atoms with Crippen LogP contribution in [0.2, 0.25) is 0 Å². The minimum Gasteiger partial charge on any atom is -0.344 e. The van der Waals surface area contributed by atoms with Crippen LogP contribution < -0.4 is 5.73 Å². The van der Waals surface area contributed by atoms with E-state index in [1.54, 1.807) is 11.9 Å². The molecular formula is C13H24N4O. The molecule has 2 N–H and O–H groups in total. The van der Waals surface area contributed by atoms with Gasteiger partial charge in [0.2, 0.25) is 5.91 Å². The van der Waals surface area contributed by atoms with Gasteiger partial charge >= 0.3 is 0 Å². The minimum absolute atomic E-state index is 0.0813. The molecular weight excluding hydrogens is 228 g/mol. The number of nitriles is 1. The number of carbonyl (C=O) groups excluding carboxylic acids is 1. The fourth-order valence-corrected chi connectivity index (χ4v) is 2.45. The third kappa shape index (κ3) is 4.28. The second kappa shape index (κ2) is 7.34. The van der Waals surface area contributed by atoms with Gasteiger partial charge in [-0.25, -0.2) is 0 Å². The Labute approximate surface area is 110 Å². The van der Waals surface area contributed by atoms with Crippen molar-refractivity contribution in [2.45, 2.75) is 44.7 Å². The molecule has 0 saturated carbocycles. The molecule has 2 unspecified atom stereocenters. The molecule has 0 aliphatic carbocycles. The van der Waals surface area contributed by atoms with E-state index in [9.17, 15) is 4.79 Å². The summed E-state index contributed by atoms with van der Waals surface area (Å²) in [5, 5.41) is 8.52. The van der Waals surface area contributed by atoms with E-state index in [4.69, 9.17) is 11.0 Å². The highest BCUT2D eigenvalue weighted by atomic mass is 16.2. The SMILES string of the molecule is CC(N)C1CCCCN1CC(=O)N(C)CCC#N. The number of nitrogens with two attached hydrogens (primary N) is 1. The predicted molar refractivity (Wildman–Crippen MR) is 70.7 cm³/mol. The van der Waals surface area contributed by atoms with Crippen molar-refractivity contribution in [3.05, 3.63) is 0 Å². The number of hydrogen-bond acceptors (Lipinski definition) is 4. The second-order valence-electron chi connectivity index (χ2n) is 5.12. The van der Waals surface area contributed by atoms with Crippen LogP contribution in [0.4, 0.5) is 0 Å². The molecule has 0 aromatic carbocycles. The lowest BCUT2D eigenvalue weighted by Crippen LogP contribution is -2.52. The molecule has 1 aliphatic rings. The molecule has 1 aliphatic heterocycles. The molecule has 1 amide bonds. The maximum absolute atomic E-state index is 12.0. The first-order chi connectivity index (χ1) is 8.56. The quantitative estimate of drug-likeness (QED) is 0.776. The summed E-state index contributed by atoms with van der Waals surface area (Å²) < 4.78 is 0. The first-order valence-corrected chi connectivity index (χ1v) is 6.66. The molecule has 2 atom stereocenters. The lowest BCUT2D eigenvalue weighted by Gasteiger charge is -2.38. The summed E-state index contributed by atoms with van der Waals surface area (Å²) in [5.41, 5.74) is 5.98. The van der Waals surface area contributed by atoms with E-state index in [0.29, 0.717) is 25.6 Å². The van der Waals surface area contributed by atoms with Crippen LogP contribution in [0.1, 0.15) is 32.6 Å². The molecule has 102 valence electrons. The first-order valence-electron chi connectivity index (χ1n) is 6.66. The average Bonchev–Trinajstić information content (AvgIpc) is 2.36. The third-order valence-corrected chi connectivity index (χ3v) is 3.59. The summed E-state index contributed by atoms with van der Waals surface area (Å²) >= 11 is 0. The van der Waals surface area contributed by atoms with Gasteiger partial charge in [0.1, 0.15) is 0 Å². The van der Waals surface area contributed by atoms with Crippen LogP contribution >= 0.6 is 0 Å². The minimum atomic E-state index is 0.0813. The molecule has 1 heterocycles. The Hall–Kier alpha value is -1.12. The van der Waals surface area contributed by atoms with Crippen LogP contribution in [0.25, 0.3) is 0 Å². The van der Waals surface area contributed by atoms with Crippen molar-refractivity contribution < 1.29 is 4.79 Å². The Morgan fingerprint density at radius 2 is 2.33 bits per heavy atom. The van der Waals surface area contributed by atoms with Crippen molar-refractivity contribution in [2.24, 2.45) is 5.73 Å². The molecule has 0 radical (unpaired) electrons. The van der Waals surface area contributed by atoms with Gasteiger partial charge in [-0.3, -0.25) is 9.69 Å². The van der Waals surface area contributed by atoms with Gasteiger partial charge in [0, 0.05) is 25.7 Å². The zero-order valence-electron chi connectivity index (χ0n) is 11.4. The topological polar surface area (TPSA) is 73.4 Å². The average molecular weight is 252 g/mol. The fraction of sp³-hybridized carbons (Fsp3) is 0.846. The van der Waals surface area contributed by atoms with Crippen molar-refractivity contribution in [1.29, 1.82) is 5.26 Å². The predicted octanol–water partition coefficient (Wildman–Crippen LogP) is 0.560. The Morgan fingerprint density at radius 1 is 1.61 bits per heavy atom. The second-order valence-corrected chi connectivity index (χ2v) is 5.12. The van der Waals surface area contributed by atoms with E-state index in [1.807, 2.05) is 6.92 Å². The van der Waals surface area contributed by atoms with Crippen molar-refractivity contribution in [3.63, 3.8) is 0 Å². The molecule has 0 bridgehead atoms. The number of nitrogens with zero attached hydrogens (tertiary/aromatic N) is 3. The van der Waals surface area contributed by atoms with Gasteiger partial charge in [-0.2, -0.15) is 5.26 Å². The van der Waals surface area contributed by atoms with Crippen molar-refractivity contribution in [3.8, 4) is 6.07 Å². The van der Waals surface area contributed by atoms with Gasteiger partial charge in [0.25, 0.3) is 0 Å². The van der Waals surface area contributed by atoms with Crippen LogP contribution in [-0.2, 0) is 4.79 Å². The summed E-state index contributed by atoms with van der Waals surface area (Å²) in [6.45, 7) is 3.89. The van der Waals surface area contributed by atoms with E-state index in [0.717, 1.165) is 19.4 Å². The zero-order valence-corrected chi connectivity index (χ0v) is 11.4. The van der Waals surface area contributed by atoms with Crippen LogP contribution in [0.15, 0.2) is 0 Å². The third-order valence-electron chi connectivity index (χ3n) is 3.59. The number of rotatable bonds is 5. The molecule has 1 rings (SSSR count). The normalized spacial score (nSPS) is 22.2. The van der Waals surface area contributed by atoms with Crippen LogP contribution in [0, 0.1) is 11.3 Å². The van der Waals surface area contributed by atoms with E-state index >= 15 is 0 Å². The van der Waals surface area contributed by atoms with E-state index in [2.05, 4.69) is 11.0 Å². The van der Waals surface area contributed by atoms with Crippen LogP contribution in [0.5, 0.6) is 0 Å². The standard InChI is InChI=1S/C13H24N4O/c1-11(15)12-6-3-4-9-17(12)10-13(18)16(2)8-5-7-14/h11-12H,3-6,8-10,15H2,1-2H3. The smallest absolute Gasteiger partial charge is 0.236 e. The van der Waals surface area contributed by atoms with E-state index < -0.39 is 0 Å². The highest BCUT2D eigenvalue weighted by molar-refractivity contribution is 5.78. The molecule has 0 aromatic heterocycles. The van der Waals surface area contributed by atoms with Gasteiger partial charge < -0.3 is 10.6 Å². The molecule has 1 saturated heterocycles. The van der Waals surface area contributed by atoms with Crippen molar-refractivity contribution in [2.75, 3.05) is 26.7 Å². The fourth-order valence-electron chi connectivity index (χ4n) is 2.45. The van der Waals surface area contributed by atoms with Gasteiger partial charge in [0.15, 0.2) is 0 Å². The Morgan fingerprint density at radius 3 is 2.94 bits per heavy atom. The Bertz CT molecular complexity index is 311. The largest absolute Gasteiger partial charge is 0.344 e. The first kappa shape index (κ1) is 14.9. The van der Waals surface area contributed by atoms with Gasteiger partial charge in [-0.15, -0.1) is 0 Å². The Kier molecular flexibility index (Phi) is 6.10. The molecule has 5 heteroatoms. The summed E-state index contributed by atoms with van der Waals surface area (Å²) in [6.07, 6.45) is 3.80. The maximum atomic E-state index is 12.0.